The van der Waals surface area contributed by atoms with Crippen molar-refractivity contribution in [2.45, 2.75) is 52.1 Å². The van der Waals surface area contributed by atoms with E-state index >= 15 is 0 Å². The highest BCUT2D eigenvalue weighted by molar-refractivity contribution is 5.79. The van der Waals surface area contributed by atoms with Crippen LogP contribution in [0.25, 0.3) is 0 Å². The molecule has 0 amide bonds. The molecule has 1 unspecified atom stereocenters. The lowest BCUT2D eigenvalue weighted by Gasteiger charge is -2.28. The van der Waals surface area contributed by atoms with E-state index in [0.717, 1.165) is 51.6 Å². The Bertz CT molecular complexity index is 600. The van der Waals surface area contributed by atoms with Crippen molar-refractivity contribution in [2.24, 2.45) is 4.99 Å². The molecule has 1 aromatic carbocycles. The molecule has 2 N–H and O–H groups in total. The molecule has 5 heteroatoms. The minimum Gasteiger partial charge on any atom is -0.357 e. The summed E-state index contributed by atoms with van der Waals surface area (Å²) in [5.41, 5.74) is 3.03. The molecule has 3 rings (SSSR count). The van der Waals surface area contributed by atoms with Crippen LogP contribution in [0.4, 0.5) is 0 Å². The Labute approximate surface area is 165 Å². The van der Waals surface area contributed by atoms with Gasteiger partial charge in [-0.25, -0.2) is 0 Å². The van der Waals surface area contributed by atoms with E-state index < -0.39 is 0 Å². The Kier molecular flexibility index (Phi) is 7.96. The molecule has 1 saturated heterocycles. The van der Waals surface area contributed by atoms with Gasteiger partial charge in [0.2, 0.25) is 0 Å². The van der Waals surface area contributed by atoms with Gasteiger partial charge in [-0.3, -0.25) is 14.8 Å². The Morgan fingerprint density at radius 1 is 1.15 bits per heavy atom. The standard InChI is InChI=1S/C22H37N5/c1-3-23-22(25-17-21-11-7-15-27(21)4-2)24-13-8-14-26-16-12-19-9-5-6-10-20(19)18-26/h5-6,9-10,21H,3-4,7-8,11-18H2,1-2H3,(H2,23,24,25). The molecular weight excluding hydrogens is 334 g/mol. The van der Waals surface area contributed by atoms with Crippen molar-refractivity contribution in [3.8, 4) is 0 Å². The number of aliphatic imine (C=N–C) groups is 1. The SMILES string of the molecule is CCNC(=NCC1CCCN1CC)NCCCN1CCc2ccccc2C1. The molecule has 0 bridgehead atoms. The molecule has 27 heavy (non-hydrogen) atoms. The van der Waals surface area contributed by atoms with Crippen LogP contribution in [0.3, 0.4) is 0 Å². The Balaban J connectivity index is 1.39. The van der Waals surface area contributed by atoms with Crippen LogP contribution in [0.5, 0.6) is 0 Å². The van der Waals surface area contributed by atoms with Crippen LogP contribution in [0, 0.1) is 0 Å². The Morgan fingerprint density at radius 3 is 2.81 bits per heavy atom. The van der Waals surface area contributed by atoms with Gasteiger partial charge in [-0.1, -0.05) is 31.2 Å². The average molecular weight is 372 g/mol. The highest BCUT2D eigenvalue weighted by atomic mass is 15.2. The van der Waals surface area contributed by atoms with Gasteiger partial charge in [-0.2, -0.15) is 0 Å². The van der Waals surface area contributed by atoms with Gasteiger partial charge in [0.05, 0.1) is 6.54 Å². The summed E-state index contributed by atoms with van der Waals surface area (Å²) in [6.45, 7) is 13.0. The van der Waals surface area contributed by atoms with Gasteiger partial charge in [0.25, 0.3) is 0 Å². The lowest BCUT2D eigenvalue weighted by molar-refractivity contribution is 0.251. The predicted molar refractivity (Wildman–Crippen MR) is 114 cm³/mol. The molecule has 0 aromatic heterocycles. The summed E-state index contributed by atoms with van der Waals surface area (Å²) in [6, 6.07) is 9.49. The number of fused-ring (bicyclic) bond motifs is 1. The minimum atomic E-state index is 0.624. The molecule has 150 valence electrons. The summed E-state index contributed by atoms with van der Waals surface area (Å²) >= 11 is 0. The van der Waals surface area contributed by atoms with Gasteiger partial charge >= 0.3 is 0 Å². The number of likely N-dealkylation sites (tertiary alicyclic amines) is 1. The van der Waals surface area contributed by atoms with E-state index in [9.17, 15) is 0 Å². The number of hydrogen-bond acceptors (Lipinski definition) is 3. The molecule has 0 radical (unpaired) electrons. The fourth-order valence-corrected chi connectivity index (χ4v) is 4.31. The number of benzene rings is 1. The third-order valence-corrected chi connectivity index (χ3v) is 5.86. The smallest absolute Gasteiger partial charge is 0.191 e. The fourth-order valence-electron chi connectivity index (χ4n) is 4.31. The maximum Gasteiger partial charge on any atom is 0.191 e. The minimum absolute atomic E-state index is 0.624. The molecule has 1 aromatic rings. The maximum absolute atomic E-state index is 4.85. The topological polar surface area (TPSA) is 42.9 Å². The molecule has 0 saturated carbocycles. The quantitative estimate of drug-likeness (QED) is 0.419. The third-order valence-electron chi connectivity index (χ3n) is 5.86. The fraction of sp³-hybridized carbons (Fsp3) is 0.682. The van der Waals surface area contributed by atoms with Gasteiger partial charge in [-0.05, 0) is 56.8 Å². The molecule has 2 heterocycles. The lowest BCUT2D eigenvalue weighted by atomic mass is 10.00. The summed E-state index contributed by atoms with van der Waals surface area (Å²) in [5.74, 6) is 0.976. The molecule has 0 spiro atoms. The van der Waals surface area contributed by atoms with E-state index in [4.69, 9.17) is 4.99 Å². The van der Waals surface area contributed by atoms with Crippen molar-refractivity contribution in [3.63, 3.8) is 0 Å². The first-order chi connectivity index (χ1) is 13.3. The van der Waals surface area contributed by atoms with E-state index in [1.54, 1.807) is 0 Å². The van der Waals surface area contributed by atoms with Gasteiger partial charge in [-0.15, -0.1) is 0 Å². The maximum atomic E-state index is 4.85. The second-order valence-corrected chi connectivity index (χ2v) is 7.72. The van der Waals surface area contributed by atoms with Gasteiger partial charge in [0, 0.05) is 38.8 Å². The Morgan fingerprint density at radius 2 is 2.00 bits per heavy atom. The first kappa shape index (κ1) is 20.2. The predicted octanol–water partition coefficient (Wildman–Crippen LogP) is 2.47. The van der Waals surface area contributed by atoms with Crippen LogP contribution in [0.2, 0.25) is 0 Å². The van der Waals surface area contributed by atoms with E-state index in [-0.39, 0.29) is 0 Å². The molecular formula is C22H37N5. The van der Waals surface area contributed by atoms with Gasteiger partial charge in [0.1, 0.15) is 0 Å². The molecule has 1 atom stereocenters. The number of likely N-dealkylation sites (N-methyl/N-ethyl adjacent to an activating group) is 1. The van der Waals surface area contributed by atoms with E-state index in [0.29, 0.717) is 6.04 Å². The number of nitrogens with one attached hydrogen (secondary N) is 2. The highest BCUT2D eigenvalue weighted by Crippen LogP contribution is 2.18. The second-order valence-electron chi connectivity index (χ2n) is 7.72. The molecule has 1 fully saturated rings. The number of hydrogen-bond donors (Lipinski definition) is 2. The van der Waals surface area contributed by atoms with Crippen molar-refractivity contribution in [3.05, 3.63) is 35.4 Å². The van der Waals surface area contributed by atoms with Crippen molar-refractivity contribution < 1.29 is 0 Å². The van der Waals surface area contributed by atoms with Crippen LogP contribution in [0.15, 0.2) is 29.3 Å². The zero-order valence-corrected chi connectivity index (χ0v) is 17.2. The van der Waals surface area contributed by atoms with Gasteiger partial charge in [0.15, 0.2) is 5.96 Å². The molecule has 2 aliphatic rings. The zero-order valence-electron chi connectivity index (χ0n) is 17.2. The summed E-state index contributed by atoms with van der Waals surface area (Å²) in [4.78, 5) is 9.98. The molecule has 0 aliphatic carbocycles. The number of nitrogens with zero attached hydrogens (tertiary/aromatic N) is 3. The van der Waals surface area contributed by atoms with E-state index in [1.807, 2.05) is 0 Å². The summed E-state index contributed by atoms with van der Waals surface area (Å²) in [7, 11) is 0. The van der Waals surface area contributed by atoms with E-state index in [2.05, 4.69) is 58.5 Å². The number of rotatable bonds is 8. The first-order valence-corrected chi connectivity index (χ1v) is 10.9. The largest absolute Gasteiger partial charge is 0.357 e. The van der Waals surface area contributed by atoms with Crippen LogP contribution in [0.1, 0.15) is 44.2 Å². The lowest BCUT2D eigenvalue weighted by Crippen LogP contribution is -2.40. The number of guanidine groups is 1. The summed E-state index contributed by atoms with van der Waals surface area (Å²) in [5, 5.41) is 6.93. The second kappa shape index (κ2) is 10.7. The molecule has 5 nitrogen and oxygen atoms in total. The summed E-state index contributed by atoms with van der Waals surface area (Å²) in [6.07, 6.45) is 4.93. The average Bonchev–Trinajstić information content (AvgIpc) is 3.16. The van der Waals surface area contributed by atoms with Crippen LogP contribution >= 0.6 is 0 Å². The monoisotopic (exact) mass is 371 g/mol. The van der Waals surface area contributed by atoms with Crippen LogP contribution in [-0.2, 0) is 13.0 Å². The van der Waals surface area contributed by atoms with Crippen molar-refractivity contribution >= 4 is 5.96 Å². The highest BCUT2D eigenvalue weighted by Gasteiger charge is 2.22. The first-order valence-electron chi connectivity index (χ1n) is 10.9. The normalized spacial score (nSPS) is 21.3. The third kappa shape index (κ3) is 5.94. The van der Waals surface area contributed by atoms with Crippen LogP contribution < -0.4 is 10.6 Å². The van der Waals surface area contributed by atoms with Crippen molar-refractivity contribution in [2.75, 3.05) is 45.8 Å². The van der Waals surface area contributed by atoms with Gasteiger partial charge < -0.3 is 10.6 Å². The van der Waals surface area contributed by atoms with Crippen molar-refractivity contribution in [1.82, 2.24) is 20.4 Å². The summed E-state index contributed by atoms with van der Waals surface area (Å²) < 4.78 is 0. The zero-order chi connectivity index (χ0) is 18.9. The van der Waals surface area contributed by atoms with Crippen molar-refractivity contribution in [1.29, 1.82) is 0 Å². The molecule has 2 aliphatic heterocycles. The van der Waals surface area contributed by atoms with Crippen LogP contribution in [-0.4, -0.2) is 67.6 Å². The van der Waals surface area contributed by atoms with E-state index in [1.165, 1.54) is 43.5 Å². The Hall–Kier alpha value is -1.59.